The molecule has 0 spiro atoms. The maximum atomic E-state index is 11.5. The zero-order valence-electron chi connectivity index (χ0n) is 9.40. The van der Waals surface area contributed by atoms with Crippen LogP contribution in [0.25, 0.3) is 0 Å². The van der Waals surface area contributed by atoms with E-state index < -0.39 is 0 Å². The fourth-order valence-corrected chi connectivity index (χ4v) is 1.21. The third kappa shape index (κ3) is 4.16. The number of nitrogens with zero attached hydrogens (tertiary/aromatic N) is 1. The van der Waals surface area contributed by atoms with Crippen molar-refractivity contribution in [3.05, 3.63) is 23.4 Å². The maximum Gasteiger partial charge on any atom is 0.227 e. The number of amides is 1. The van der Waals surface area contributed by atoms with Crippen LogP contribution in [-0.4, -0.2) is 16.9 Å². The molecule has 5 heteroatoms. The molecule has 1 heterocycles. The minimum absolute atomic E-state index is 0.129. The first kappa shape index (κ1) is 12.9. The quantitative estimate of drug-likeness (QED) is 0.848. The van der Waals surface area contributed by atoms with Crippen LogP contribution in [0.3, 0.4) is 0 Å². The van der Waals surface area contributed by atoms with Crippen LogP contribution in [0, 0.1) is 5.92 Å². The summed E-state index contributed by atoms with van der Waals surface area (Å²) in [5, 5.41) is 3.20. The Labute approximate surface area is 100 Å². The minimum Gasteiger partial charge on any atom is -0.327 e. The summed E-state index contributed by atoms with van der Waals surface area (Å²) in [7, 11) is 0. The number of carbonyl (C=O) groups excluding carboxylic acids is 1. The first-order chi connectivity index (χ1) is 7.49. The average molecular weight is 242 g/mol. The van der Waals surface area contributed by atoms with E-state index in [-0.39, 0.29) is 17.9 Å². The van der Waals surface area contributed by atoms with Crippen molar-refractivity contribution in [1.29, 1.82) is 0 Å². The van der Waals surface area contributed by atoms with E-state index in [4.69, 9.17) is 17.3 Å². The number of carbonyl (C=O) groups is 1. The molecule has 3 N–H and O–H groups in total. The fourth-order valence-electron chi connectivity index (χ4n) is 1.09. The van der Waals surface area contributed by atoms with Gasteiger partial charge in [-0.2, -0.15) is 0 Å². The SMILES string of the molecule is CC(C)C(N)CC(=O)Nc1ccc(Cl)cn1. The van der Waals surface area contributed by atoms with Gasteiger partial charge >= 0.3 is 0 Å². The highest BCUT2D eigenvalue weighted by Gasteiger charge is 2.13. The lowest BCUT2D eigenvalue weighted by molar-refractivity contribution is -0.116. The Morgan fingerprint density at radius 1 is 1.56 bits per heavy atom. The number of nitrogens with two attached hydrogens (primary N) is 1. The maximum absolute atomic E-state index is 11.5. The van der Waals surface area contributed by atoms with Gasteiger partial charge in [0, 0.05) is 18.7 Å². The zero-order valence-corrected chi connectivity index (χ0v) is 10.2. The Kier molecular flexibility index (Phi) is 4.71. The van der Waals surface area contributed by atoms with Crippen LogP contribution in [0.5, 0.6) is 0 Å². The topological polar surface area (TPSA) is 68.0 Å². The van der Waals surface area contributed by atoms with E-state index in [0.717, 1.165) is 0 Å². The Balaban J connectivity index is 2.48. The second-order valence-electron chi connectivity index (χ2n) is 4.02. The Morgan fingerprint density at radius 2 is 2.25 bits per heavy atom. The third-order valence-corrected chi connectivity index (χ3v) is 2.50. The van der Waals surface area contributed by atoms with Crippen molar-refractivity contribution in [2.45, 2.75) is 26.3 Å². The van der Waals surface area contributed by atoms with Crippen LogP contribution in [0.2, 0.25) is 5.02 Å². The van der Waals surface area contributed by atoms with Crippen LogP contribution in [0.1, 0.15) is 20.3 Å². The predicted molar refractivity (Wildman–Crippen MR) is 65.3 cm³/mol. The number of aromatic nitrogens is 1. The molecule has 0 aromatic carbocycles. The van der Waals surface area contributed by atoms with Gasteiger partial charge in [0.25, 0.3) is 0 Å². The molecule has 0 saturated heterocycles. The van der Waals surface area contributed by atoms with Gasteiger partial charge in [-0.3, -0.25) is 4.79 Å². The highest BCUT2D eigenvalue weighted by molar-refractivity contribution is 6.30. The Morgan fingerprint density at radius 3 is 2.75 bits per heavy atom. The van der Waals surface area contributed by atoms with E-state index in [1.807, 2.05) is 13.8 Å². The molecule has 0 radical (unpaired) electrons. The highest BCUT2D eigenvalue weighted by Crippen LogP contribution is 2.10. The summed E-state index contributed by atoms with van der Waals surface area (Å²) in [6.07, 6.45) is 1.78. The molecule has 1 amide bonds. The summed E-state index contributed by atoms with van der Waals surface area (Å²) in [6, 6.07) is 3.19. The van der Waals surface area contributed by atoms with Gasteiger partial charge < -0.3 is 11.1 Å². The number of pyridine rings is 1. The highest BCUT2D eigenvalue weighted by atomic mass is 35.5. The minimum atomic E-state index is -0.132. The van der Waals surface area contributed by atoms with E-state index in [1.54, 1.807) is 12.1 Å². The third-order valence-electron chi connectivity index (χ3n) is 2.27. The van der Waals surface area contributed by atoms with Crippen LogP contribution in [-0.2, 0) is 4.79 Å². The van der Waals surface area contributed by atoms with Crippen molar-refractivity contribution in [3.8, 4) is 0 Å². The van der Waals surface area contributed by atoms with E-state index in [2.05, 4.69) is 10.3 Å². The summed E-state index contributed by atoms with van der Waals surface area (Å²) in [5.74, 6) is 0.644. The first-order valence-electron chi connectivity index (χ1n) is 5.16. The molecule has 0 aliphatic carbocycles. The molecule has 0 saturated carbocycles. The molecular weight excluding hydrogens is 226 g/mol. The standard InChI is InChI=1S/C11H16ClN3O/c1-7(2)9(13)5-11(16)15-10-4-3-8(12)6-14-10/h3-4,6-7,9H,5,13H2,1-2H3,(H,14,15,16). The van der Waals surface area contributed by atoms with Crippen molar-refractivity contribution < 1.29 is 4.79 Å². The Bertz CT molecular complexity index is 351. The molecule has 1 atom stereocenters. The van der Waals surface area contributed by atoms with Gasteiger partial charge in [-0.15, -0.1) is 0 Å². The number of rotatable bonds is 4. The van der Waals surface area contributed by atoms with Crippen LogP contribution < -0.4 is 11.1 Å². The molecule has 1 aromatic rings. The lowest BCUT2D eigenvalue weighted by atomic mass is 10.0. The van der Waals surface area contributed by atoms with Crippen LogP contribution >= 0.6 is 11.6 Å². The second kappa shape index (κ2) is 5.82. The van der Waals surface area contributed by atoms with Gasteiger partial charge in [0.05, 0.1) is 5.02 Å². The predicted octanol–water partition coefficient (Wildman–Crippen LogP) is 2.05. The van der Waals surface area contributed by atoms with Crippen LogP contribution in [0.4, 0.5) is 5.82 Å². The van der Waals surface area contributed by atoms with Gasteiger partial charge in [-0.05, 0) is 18.1 Å². The molecule has 16 heavy (non-hydrogen) atoms. The normalized spacial score (nSPS) is 12.6. The molecule has 4 nitrogen and oxygen atoms in total. The van der Waals surface area contributed by atoms with E-state index in [9.17, 15) is 4.79 Å². The molecule has 88 valence electrons. The van der Waals surface area contributed by atoms with Gasteiger partial charge in [0.2, 0.25) is 5.91 Å². The van der Waals surface area contributed by atoms with Gasteiger partial charge in [0.1, 0.15) is 5.82 Å². The monoisotopic (exact) mass is 241 g/mol. The number of halogens is 1. The van der Waals surface area contributed by atoms with Crippen LogP contribution in [0.15, 0.2) is 18.3 Å². The first-order valence-corrected chi connectivity index (χ1v) is 5.54. The number of hydrogen-bond acceptors (Lipinski definition) is 3. The Hall–Kier alpha value is -1.13. The number of anilines is 1. The second-order valence-corrected chi connectivity index (χ2v) is 4.46. The fraction of sp³-hybridized carbons (Fsp3) is 0.455. The molecule has 1 unspecified atom stereocenters. The summed E-state index contributed by atoms with van der Waals surface area (Å²) in [4.78, 5) is 15.5. The smallest absolute Gasteiger partial charge is 0.227 e. The lowest BCUT2D eigenvalue weighted by Gasteiger charge is -2.14. The molecule has 1 rings (SSSR count). The van der Waals surface area contributed by atoms with E-state index in [1.165, 1.54) is 6.20 Å². The molecule has 0 aliphatic rings. The molecule has 0 aliphatic heterocycles. The largest absolute Gasteiger partial charge is 0.327 e. The van der Waals surface area contributed by atoms with Gasteiger partial charge in [-0.1, -0.05) is 25.4 Å². The molecular formula is C11H16ClN3O. The molecule has 0 fully saturated rings. The van der Waals surface area contributed by atoms with Crippen molar-refractivity contribution in [3.63, 3.8) is 0 Å². The van der Waals surface area contributed by atoms with E-state index in [0.29, 0.717) is 17.3 Å². The van der Waals surface area contributed by atoms with Crippen molar-refractivity contribution >= 4 is 23.3 Å². The lowest BCUT2D eigenvalue weighted by Crippen LogP contribution is -2.31. The van der Waals surface area contributed by atoms with Crippen molar-refractivity contribution in [2.24, 2.45) is 11.7 Å². The molecule has 0 bridgehead atoms. The summed E-state index contributed by atoms with van der Waals surface area (Å²) < 4.78 is 0. The number of hydrogen-bond donors (Lipinski definition) is 2. The molecule has 1 aromatic heterocycles. The zero-order chi connectivity index (χ0) is 12.1. The summed E-state index contributed by atoms with van der Waals surface area (Å²) in [6.45, 7) is 3.97. The van der Waals surface area contributed by atoms with E-state index >= 15 is 0 Å². The van der Waals surface area contributed by atoms with Crippen molar-refractivity contribution in [2.75, 3.05) is 5.32 Å². The summed E-state index contributed by atoms with van der Waals surface area (Å²) in [5.41, 5.74) is 5.79. The van der Waals surface area contributed by atoms with Gasteiger partial charge in [-0.25, -0.2) is 4.98 Å². The van der Waals surface area contributed by atoms with Crippen molar-refractivity contribution in [1.82, 2.24) is 4.98 Å². The summed E-state index contributed by atoms with van der Waals surface area (Å²) >= 11 is 5.68. The number of nitrogens with one attached hydrogen (secondary N) is 1. The average Bonchev–Trinajstić information content (AvgIpc) is 2.21. The van der Waals surface area contributed by atoms with Gasteiger partial charge in [0.15, 0.2) is 0 Å².